The third-order valence-electron chi connectivity index (χ3n) is 6.54. The van der Waals surface area contributed by atoms with Gasteiger partial charge in [0.05, 0.1) is 30.5 Å². The molecule has 3 aromatic rings. The lowest BCUT2D eigenvalue weighted by Gasteiger charge is -2.37. The minimum Gasteiger partial charge on any atom is -0.357 e. The quantitative estimate of drug-likeness (QED) is 0.425. The first-order chi connectivity index (χ1) is 16.8. The molecule has 1 amide bonds. The fourth-order valence-corrected chi connectivity index (χ4v) is 5.80. The van der Waals surface area contributed by atoms with E-state index in [-0.39, 0.29) is 23.7 Å². The molecule has 0 fully saturated rings. The predicted octanol–water partition coefficient (Wildman–Crippen LogP) is 6.33. The molecule has 0 radical (unpaired) electrons. The van der Waals surface area contributed by atoms with Gasteiger partial charge in [0.2, 0.25) is 5.91 Å². The Kier molecular flexibility index (Phi) is 6.43. The van der Waals surface area contributed by atoms with Crippen LogP contribution in [0.2, 0.25) is 5.02 Å². The number of halogens is 1. The Morgan fingerprint density at radius 3 is 2.63 bits per heavy atom. The molecule has 2 heterocycles. The van der Waals surface area contributed by atoms with Crippen molar-refractivity contribution in [2.24, 2.45) is 5.41 Å². The third kappa shape index (κ3) is 5.00. The Labute approximate surface area is 214 Å². The molecule has 0 spiro atoms. The topological polar surface area (TPSA) is 61.4 Å². The van der Waals surface area contributed by atoms with Crippen molar-refractivity contribution >= 4 is 46.0 Å². The van der Waals surface area contributed by atoms with Gasteiger partial charge in [-0.25, -0.2) is 0 Å². The van der Waals surface area contributed by atoms with E-state index in [1.165, 1.54) is 0 Å². The van der Waals surface area contributed by atoms with Crippen molar-refractivity contribution < 1.29 is 9.59 Å². The van der Waals surface area contributed by atoms with Gasteiger partial charge in [-0.2, -0.15) is 0 Å². The maximum atomic E-state index is 13.7. The van der Waals surface area contributed by atoms with Gasteiger partial charge in [0.15, 0.2) is 5.78 Å². The first-order valence-electron chi connectivity index (χ1n) is 11.7. The predicted molar refractivity (Wildman–Crippen MR) is 143 cm³/mol. The van der Waals surface area contributed by atoms with Crippen LogP contribution in [0.5, 0.6) is 0 Å². The number of nitrogens with one attached hydrogen (secondary N) is 2. The maximum absolute atomic E-state index is 13.7. The molecule has 0 saturated heterocycles. The van der Waals surface area contributed by atoms with E-state index in [0.29, 0.717) is 18.0 Å². The molecule has 2 aromatic carbocycles. The summed E-state index contributed by atoms with van der Waals surface area (Å²) in [4.78, 5) is 30.0. The highest BCUT2D eigenvalue weighted by Crippen LogP contribution is 2.48. The van der Waals surface area contributed by atoms with Crippen molar-refractivity contribution in [2.75, 3.05) is 16.8 Å². The summed E-state index contributed by atoms with van der Waals surface area (Å²) in [5, 5.41) is 9.26. The van der Waals surface area contributed by atoms with Crippen LogP contribution in [-0.4, -0.2) is 18.2 Å². The number of ketones is 1. The molecule has 1 atom stereocenters. The van der Waals surface area contributed by atoms with Gasteiger partial charge >= 0.3 is 0 Å². The highest BCUT2D eigenvalue weighted by atomic mass is 35.5. The SMILES string of the molecule is CC1(C)CC(=O)C2=C(C1)Nc1ccccc1N(CC(=O)NCc1cccs1)C2c1ccc(Cl)cc1. The van der Waals surface area contributed by atoms with Crippen LogP contribution in [0.15, 0.2) is 77.3 Å². The van der Waals surface area contributed by atoms with Gasteiger partial charge in [0.1, 0.15) is 0 Å². The minimum absolute atomic E-state index is 0.0974. The van der Waals surface area contributed by atoms with Crippen LogP contribution < -0.4 is 15.5 Å². The van der Waals surface area contributed by atoms with Crippen molar-refractivity contribution in [1.82, 2.24) is 5.32 Å². The molecule has 0 saturated carbocycles. The molecule has 2 aliphatic rings. The lowest BCUT2D eigenvalue weighted by Crippen LogP contribution is -2.41. The zero-order chi connectivity index (χ0) is 24.6. The van der Waals surface area contributed by atoms with E-state index in [4.69, 9.17) is 11.6 Å². The lowest BCUT2D eigenvalue weighted by molar-refractivity contribution is -0.120. The van der Waals surface area contributed by atoms with Gasteiger partial charge in [-0.05, 0) is 53.1 Å². The first-order valence-corrected chi connectivity index (χ1v) is 13.0. The molecule has 5 nitrogen and oxygen atoms in total. The smallest absolute Gasteiger partial charge is 0.239 e. The molecule has 5 rings (SSSR count). The molecule has 7 heteroatoms. The summed E-state index contributed by atoms with van der Waals surface area (Å²) in [6.45, 7) is 4.85. The van der Waals surface area contributed by atoms with Crippen LogP contribution in [-0.2, 0) is 16.1 Å². The summed E-state index contributed by atoms with van der Waals surface area (Å²) >= 11 is 7.82. The molecular formula is C28H28ClN3O2S. The Morgan fingerprint density at radius 1 is 1.11 bits per heavy atom. The summed E-state index contributed by atoms with van der Waals surface area (Å²) in [6.07, 6.45) is 1.22. The molecule has 1 unspecified atom stereocenters. The van der Waals surface area contributed by atoms with E-state index < -0.39 is 6.04 Å². The zero-order valence-corrected chi connectivity index (χ0v) is 21.4. The number of carbonyl (C=O) groups excluding carboxylic acids is 2. The van der Waals surface area contributed by atoms with Crippen LogP contribution in [0.25, 0.3) is 0 Å². The largest absolute Gasteiger partial charge is 0.357 e. The van der Waals surface area contributed by atoms with E-state index in [1.807, 2.05) is 70.9 Å². The Bertz CT molecular complexity index is 1280. The van der Waals surface area contributed by atoms with Crippen molar-refractivity contribution in [3.8, 4) is 0 Å². The zero-order valence-electron chi connectivity index (χ0n) is 19.8. The fourth-order valence-electron chi connectivity index (χ4n) is 5.03. The van der Waals surface area contributed by atoms with Crippen molar-refractivity contribution in [3.05, 3.63) is 92.8 Å². The van der Waals surface area contributed by atoms with Gasteiger partial charge in [0.25, 0.3) is 0 Å². The number of benzene rings is 2. The van der Waals surface area contributed by atoms with E-state index >= 15 is 0 Å². The number of hydrogen-bond acceptors (Lipinski definition) is 5. The number of amides is 1. The molecule has 180 valence electrons. The molecule has 1 aromatic heterocycles. The number of carbonyl (C=O) groups is 2. The van der Waals surface area contributed by atoms with Crippen molar-refractivity contribution in [3.63, 3.8) is 0 Å². The number of thiophene rings is 1. The second-order valence-corrected chi connectivity index (χ2v) is 11.4. The Balaban J connectivity index is 1.60. The maximum Gasteiger partial charge on any atom is 0.239 e. The second kappa shape index (κ2) is 9.51. The van der Waals surface area contributed by atoms with Gasteiger partial charge < -0.3 is 15.5 Å². The number of nitrogens with zero attached hydrogens (tertiary/aromatic N) is 1. The third-order valence-corrected chi connectivity index (χ3v) is 7.67. The highest BCUT2D eigenvalue weighted by molar-refractivity contribution is 7.09. The van der Waals surface area contributed by atoms with Crippen molar-refractivity contribution in [1.29, 1.82) is 0 Å². The molecular weight excluding hydrogens is 478 g/mol. The Morgan fingerprint density at radius 2 is 1.89 bits per heavy atom. The number of para-hydroxylation sites is 2. The van der Waals surface area contributed by atoms with E-state index in [1.54, 1.807) is 11.3 Å². The van der Waals surface area contributed by atoms with Gasteiger partial charge in [-0.3, -0.25) is 9.59 Å². The van der Waals surface area contributed by atoms with Crippen LogP contribution >= 0.6 is 22.9 Å². The van der Waals surface area contributed by atoms with Gasteiger partial charge in [-0.1, -0.05) is 55.8 Å². The standard InChI is InChI=1S/C28H28ClN3O2S/c1-28(2)14-22-26(24(33)15-28)27(18-9-11-19(29)12-10-18)32(23-8-4-3-7-21(23)31-22)17-25(34)30-16-20-6-5-13-35-20/h3-13,27,31H,14-17H2,1-2H3,(H,30,34). The van der Waals surface area contributed by atoms with E-state index in [0.717, 1.165) is 39.5 Å². The number of allylic oxidation sites excluding steroid dienone is 1. The Hall–Kier alpha value is -3.09. The van der Waals surface area contributed by atoms with Gasteiger partial charge in [-0.15, -0.1) is 11.3 Å². The van der Waals surface area contributed by atoms with Crippen LogP contribution in [0.4, 0.5) is 11.4 Å². The van der Waals surface area contributed by atoms with Crippen LogP contribution in [0.1, 0.15) is 43.2 Å². The normalized spacial score (nSPS) is 18.9. The lowest BCUT2D eigenvalue weighted by atomic mass is 9.73. The summed E-state index contributed by atoms with van der Waals surface area (Å²) in [5.74, 6) is 0.0142. The number of Topliss-reactive ketones (excluding diaryl/α,β-unsaturated/α-hetero) is 1. The number of fused-ring (bicyclic) bond motifs is 1. The minimum atomic E-state index is -0.408. The summed E-state index contributed by atoms with van der Waals surface area (Å²) < 4.78 is 0. The first kappa shape index (κ1) is 23.6. The summed E-state index contributed by atoms with van der Waals surface area (Å²) in [7, 11) is 0. The molecule has 35 heavy (non-hydrogen) atoms. The molecule has 0 bridgehead atoms. The van der Waals surface area contributed by atoms with E-state index in [9.17, 15) is 9.59 Å². The van der Waals surface area contributed by atoms with Crippen LogP contribution in [0, 0.1) is 5.41 Å². The number of anilines is 2. The monoisotopic (exact) mass is 505 g/mol. The second-order valence-electron chi connectivity index (χ2n) is 9.91. The van der Waals surface area contributed by atoms with E-state index in [2.05, 4.69) is 24.5 Å². The average molecular weight is 506 g/mol. The van der Waals surface area contributed by atoms with Crippen molar-refractivity contribution in [2.45, 2.75) is 39.3 Å². The molecule has 1 aliphatic carbocycles. The fraction of sp³-hybridized carbons (Fsp3) is 0.286. The molecule has 2 N–H and O–H groups in total. The number of rotatable bonds is 5. The van der Waals surface area contributed by atoms with Gasteiger partial charge in [0, 0.05) is 27.6 Å². The van der Waals surface area contributed by atoms with Crippen LogP contribution in [0.3, 0.4) is 0 Å². The summed E-state index contributed by atoms with van der Waals surface area (Å²) in [6, 6.07) is 19.1. The average Bonchev–Trinajstić information content (AvgIpc) is 3.29. The summed E-state index contributed by atoms with van der Waals surface area (Å²) in [5.41, 5.74) is 4.23. The highest BCUT2D eigenvalue weighted by Gasteiger charge is 2.41. The number of hydrogen-bond donors (Lipinski definition) is 2. The molecule has 1 aliphatic heterocycles.